The summed E-state index contributed by atoms with van der Waals surface area (Å²) < 4.78 is 4.02. The molecule has 4 heterocycles. The average Bonchev–Trinajstić information content (AvgIpc) is 3.32. The molecule has 3 aromatic heterocycles. The zero-order chi connectivity index (χ0) is 17.9. The third-order valence-electron chi connectivity index (χ3n) is 5.05. The largest absolute Gasteiger partial charge is 0.371 e. The van der Waals surface area contributed by atoms with Crippen molar-refractivity contribution in [2.45, 2.75) is 45.7 Å². The molecule has 0 N–H and O–H groups in total. The SMILES string of the molecule is CCn1c(Cn2cncn2)nnc1C1CCN(c2ccnc(C)c2)CC1. The Labute approximate surface area is 152 Å². The third-order valence-corrected chi connectivity index (χ3v) is 5.05. The molecule has 0 aromatic carbocycles. The van der Waals surface area contributed by atoms with Gasteiger partial charge in [-0.3, -0.25) is 4.98 Å². The van der Waals surface area contributed by atoms with Crippen molar-refractivity contribution < 1.29 is 0 Å². The summed E-state index contributed by atoms with van der Waals surface area (Å²) in [6, 6.07) is 4.25. The Hall–Kier alpha value is -2.77. The van der Waals surface area contributed by atoms with E-state index in [2.05, 4.69) is 53.8 Å². The standard InChI is InChI=1S/C18H24N8/c1-3-26-17(11-25-13-19-12-21-25)22-23-18(26)15-5-8-24(9-6-15)16-4-7-20-14(2)10-16/h4,7,10,12-13,15H,3,5-6,8-9,11H2,1-2H3. The molecule has 8 nitrogen and oxygen atoms in total. The Balaban J connectivity index is 1.46. The number of hydrogen-bond donors (Lipinski definition) is 0. The molecular formula is C18H24N8. The topological polar surface area (TPSA) is 77.5 Å². The van der Waals surface area contributed by atoms with Crippen molar-refractivity contribution in [2.24, 2.45) is 0 Å². The lowest BCUT2D eigenvalue weighted by Crippen LogP contribution is -2.33. The molecule has 0 bridgehead atoms. The first-order chi connectivity index (χ1) is 12.7. The summed E-state index contributed by atoms with van der Waals surface area (Å²) in [6.07, 6.45) is 7.32. The molecule has 1 aliphatic rings. The van der Waals surface area contributed by atoms with E-state index >= 15 is 0 Å². The minimum Gasteiger partial charge on any atom is -0.371 e. The van der Waals surface area contributed by atoms with Crippen LogP contribution in [0.25, 0.3) is 0 Å². The molecule has 0 amide bonds. The number of anilines is 1. The van der Waals surface area contributed by atoms with E-state index in [4.69, 9.17) is 0 Å². The van der Waals surface area contributed by atoms with Crippen LogP contribution < -0.4 is 4.90 Å². The maximum atomic E-state index is 4.53. The number of aromatic nitrogens is 7. The number of pyridine rings is 1. The van der Waals surface area contributed by atoms with Gasteiger partial charge in [0.1, 0.15) is 25.0 Å². The minimum absolute atomic E-state index is 0.450. The van der Waals surface area contributed by atoms with E-state index in [0.29, 0.717) is 12.5 Å². The van der Waals surface area contributed by atoms with Gasteiger partial charge in [0.15, 0.2) is 5.82 Å². The van der Waals surface area contributed by atoms with E-state index in [-0.39, 0.29) is 0 Å². The van der Waals surface area contributed by atoms with E-state index in [9.17, 15) is 0 Å². The average molecular weight is 352 g/mol. The Kier molecular flexibility index (Phi) is 4.64. The van der Waals surface area contributed by atoms with Crippen LogP contribution in [0.4, 0.5) is 5.69 Å². The number of aryl methyl sites for hydroxylation is 1. The van der Waals surface area contributed by atoms with Crippen LogP contribution in [0, 0.1) is 6.92 Å². The van der Waals surface area contributed by atoms with Gasteiger partial charge in [-0.2, -0.15) is 5.10 Å². The minimum atomic E-state index is 0.450. The van der Waals surface area contributed by atoms with Gasteiger partial charge >= 0.3 is 0 Å². The van der Waals surface area contributed by atoms with E-state index in [1.54, 1.807) is 17.3 Å². The highest BCUT2D eigenvalue weighted by molar-refractivity contribution is 5.46. The highest BCUT2D eigenvalue weighted by Crippen LogP contribution is 2.30. The number of piperidine rings is 1. The van der Waals surface area contributed by atoms with Gasteiger partial charge in [0.2, 0.25) is 0 Å². The van der Waals surface area contributed by atoms with Gasteiger partial charge < -0.3 is 9.47 Å². The molecule has 8 heteroatoms. The van der Waals surface area contributed by atoms with Crippen LogP contribution in [0.3, 0.4) is 0 Å². The molecule has 0 unspecified atom stereocenters. The van der Waals surface area contributed by atoms with Crippen LogP contribution in [0.15, 0.2) is 31.0 Å². The van der Waals surface area contributed by atoms with E-state index in [1.807, 2.05) is 13.1 Å². The molecule has 26 heavy (non-hydrogen) atoms. The summed E-state index contributed by atoms with van der Waals surface area (Å²) >= 11 is 0. The summed E-state index contributed by atoms with van der Waals surface area (Å²) in [7, 11) is 0. The molecule has 0 atom stereocenters. The number of rotatable bonds is 5. The molecular weight excluding hydrogens is 328 g/mol. The molecule has 0 spiro atoms. The monoisotopic (exact) mass is 352 g/mol. The Morgan fingerprint density at radius 2 is 2.04 bits per heavy atom. The van der Waals surface area contributed by atoms with Crippen molar-refractivity contribution in [2.75, 3.05) is 18.0 Å². The van der Waals surface area contributed by atoms with Gasteiger partial charge in [-0.05, 0) is 38.8 Å². The van der Waals surface area contributed by atoms with Gasteiger partial charge in [-0.1, -0.05) is 0 Å². The van der Waals surface area contributed by atoms with E-state index in [1.165, 1.54) is 5.69 Å². The zero-order valence-corrected chi connectivity index (χ0v) is 15.3. The summed E-state index contributed by atoms with van der Waals surface area (Å²) in [5.74, 6) is 2.50. The van der Waals surface area contributed by atoms with Crippen molar-refractivity contribution in [3.8, 4) is 0 Å². The maximum Gasteiger partial charge on any atom is 0.154 e. The number of nitrogens with zero attached hydrogens (tertiary/aromatic N) is 8. The van der Waals surface area contributed by atoms with Crippen molar-refractivity contribution in [3.05, 3.63) is 48.3 Å². The van der Waals surface area contributed by atoms with Crippen molar-refractivity contribution >= 4 is 5.69 Å². The fraction of sp³-hybridized carbons (Fsp3) is 0.500. The van der Waals surface area contributed by atoms with Gasteiger partial charge in [0, 0.05) is 43.1 Å². The van der Waals surface area contributed by atoms with Crippen LogP contribution in [0.2, 0.25) is 0 Å². The van der Waals surface area contributed by atoms with Gasteiger partial charge in [0.25, 0.3) is 0 Å². The first-order valence-corrected chi connectivity index (χ1v) is 9.16. The second kappa shape index (κ2) is 7.23. The van der Waals surface area contributed by atoms with Gasteiger partial charge in [0.05, 0.1) is 0 Å². The van der Waals surface area contributed by atoms with Crippen molar-refractivity contribution in [3.63, 3.8) is 0 Å². The fourth-order valence-electron chi connectivity index (χ4n) is 3.70. The van der Waals surface area contributed by atoms with E-state index in [0.717, 1.165) is 49.8 Å². The first kappa shape index (κ1) is 16.7. The molecule has 0 aliphatic carbocycles. The Morgan fingerprint density at radius 1 is 1.19 bits per heavy atom. The second-order valence-electron chi connectivity index (χ2n) is 6.73. The molecule has 1 aliphatic heterocycles. The van der Waals surface area contributed by atoms with Gasteiger partial charge in [-0.25, -0.2) is 9.67 Å². The molecule has 1 fully saturated rings. The normalized spacial score (nSPS) is 15.5. The summed E-state index contributed by atoms with van der Waals surface area (Å²) in [5.41, 5.74) is 2.33. The fourth-order valence-corrected chi connectivity index (χ4v) is 3.70. The second-order valence-corrected chi connectivity index (χ2v) is 6.73. The predicted octanol–water partition coefficient (Wildman–Crippen LogP) is 2.03. The number of hydrogen-bond acceptors (Lipinski definition) is 6. The summed E-state index contributed by atoms with van der Waals surface area (Å²) in [4.78, 5) is 10.7. The third kappa shape index (κ3) is 3.31. The highest BCUT2D eigenvalue weighted by atomic mass is 15.4. The molecule has 4 rings (SSSR count). The Morgan fingerprint density at radius 3 is 2.73 bits per heavy atom. The maximum absolute atomic E-state index is 4.53. The molecule has 136 valence electrons. The molecule has 0 saturated carbocycles. The Bertz CT molecular complexity index is 846. The lowest BCUT2D eigenvalue weighted by atomic mass is 9.95. The van der Waals surface area contributed by atoms with Crippen LogP contribution in [-0.2, 0) is 13.1 Å². The lowest BCUT2D eigenvalue weighted by Gasteiger charge is -2.33. The van der Waals surface area contributed by atoms with Crippen LogP contribution in [0.5, 0.6) is 0 Å². The quantitative estimate of drug-likeness (QED) is 0.699. The van der Waals surface area contributed by atoms with Crippen molar-refractivity contribution in [1.82, 2.24) is 34.5 Å². The van der Waals surface area contributed by atoms with Crippen LogP contribution in [-0.4, -0.2) is 47.6 Å². The van der Waals surface area contributed by atoms with E-state index < -0.39 is 0 Å². The van der Waals surface area contributed by atoms with Crippen molar-refractivity contribution in [1.29, 1.82) is 0 Å². The van der Waals surface area contributed by atoms with Crippen LogP contribution >= 0.6 is 0 Å². The lowest BCUT2D eigenvalue weighted by molar-refractivity contribution is 0.463. The summed E-state index contributed by atoms with van der Waals surface area (Å²) in [6.45, 7) is 7.72. The predicted molar refractivity (Wildman–Crippen MR) is 98.0 cm³/mol. The smallest absolute Gasteiger partial charge is 0.154 e. The first-order valence-electron chi connectivity index (χ1n) is 9.16. The van der Waals surface area contributed by atoms with Crippen LogP contribution in [0.1, 0.15) is 43.0 Å². The zero-order valence-electron chi connectivity index (χ0n) is 15.3. The molecule has 3 aromatic rings. The molecule has 0 radical (unpaired) electrons. The van der Waals surface area contributed by atoms with Gasteiger partial charge in [-0.15, -0.1) is 10.2 Å². The highest BCUT2D eigenvalue weighted by Gasteiger charge is 2.26. The summed E-state index contributed by atoms with van der Waals surface area (Å²) in [5, 5.41) is 13.1. The molecule has 1 saturated heterocycles.